The molecular formula is C16H24N2. The van der Waals surface area contributed by atoms with Crippen molar-refractivity contribution in [2.24, 2.45) is 11.7 Å². The van der Waals surface area contributed by atoms with Gasteiger partial charge in [-0.15, -0.1) is 0 Å². The predicted octanol–water partition coefficient (Wildman–Crippen LogP) is 3.25. The van der Waals surface area contributed by atoms with Crippen LogP contribution in [0.2, 0.25) is 0 Å². The molecule has 1 fully saturated rings. The standard InChI is InChI=1S/C16H24N2/c1-2-12-6-5-9-18(11-12)16-10-15(17)13-7-3-4-8-14(13)16/h3-4,7-8,12,15-16H,2,5-6,9-11,17H2,1H3. The van der Waals surface area contributed by atoms with Gasteiger partial charge < -0.3 is 5.73 Å². The summed E-state index contributed by atoms with van der Waals surface area (Å²) >= 11 is 0. The molecule has 1 aliphatic carbocycles. The number of nitrogens with zero attached hydrogens (tertiary/aromatic N) is 1. The van der Waals surface area contributed by atoms with Crippen molar-refractivity contribution in [3.05, 3.63) is 35.4 Å². The van der Waals surface area contributed by atoms with Crippen LogP contribution in [0.1, 0.15) is 55.8 Å². The minimum absolute atomic E-state index is 0.244. The van der Waals surface area contributed by atoms with Crippen LogP contribution in [0.15, 0.2) is 24.3 Å². The lowest BCUT2D eigenvalue weighted by molar-refractivity contribution is 0.118. The van der Waals surface area contributed by atoms with Crippen molar-refractivity contribution in [1.82, 2.24) is 4.90 Å². The molecule has 1 aromatic rings. The van der Waals surface area contributed by atoms with Crippen molar-refractivity contribution in [3.63, 3.8) is 0 Å². The van der Waals surface area contributed by atoms with E-state index in [9.17, 15) is 0 Å². The minimum atomic E-state index is 0.244. The van der Waals surface area contributed by atoms with Gasteiger partial charge in [0.15, 0.2) is 0 Å². The molecule has 18 heavy (non-hydrogen) atoms. The molecule has 2 aliphatic rings. The van der Waals surface area contributed by atoms with Crippen molar-refractivity contribution in [3.8, 4) is 0 Å². The topological polar surface area (TPSA) is 29.3 Å². The molecule has 1 saturated heterocycles. The van der Waals surface area contributed by atoms with Crippen LogP contribution in [-0.4, -0.2) is 18.0 Å². The molecule has 0 spiro atoms. The normalized spacial score (nSPS) is 32.4. The van der Waals surface area contributed by atoms with Crippen molar-refractivity contribution >= 4 is 0 Å². The average molecular weight is 244 g/mol. The largest absolute Gasteiger partial charge is 0.324 e. The van der Waals surface area contributed by atoms with E-state index in [-0.39, 0.29) is 6.04 Å². The summed E-state index contributed by atoms with van der Waals surface area (Å²) in [5, 5.41) is 0. The van der Waals surface area contributed by atoms with Crippen LogP contribution in [-0.2, 0) is 0 Å². The molecule has 0 radical (unpaired) electrons. The monoisotopic (exact) mass is 244 g/mol. The smallest absolute Gasteiger partial charge is 0.0369 e. The molecule has 1 heterocycles. The Labute approximate surface area is 110 Å². The van der Waals surface area contributed by atoms with Gasteiger partial charge in [0.05, 0.1) is 0 Å². The highest BCUT2D eigenvalue weighted by molar-refractivity contribution is 5.37. The molecule has 1 aliphatic heterocycles. The van der Waals surface area contributed by atoms with Gasteiger partial charge in [0.1, 0.15) is 0 Å². The third-order valence-electron chi connectivity index (χ3n) is 4.80. The number of benzene rings is 1. The summed E-state index contributed by atoms with van der Waals surface area (Å²) in [7, 11) is 0. The van der Waals surface area contributed by atoms with Gasteiger partial charge in [-0.05, 0) is 42.9 Å². The van der Waals surface area contributed by atoms with Crippen LogP contribution in [0.25, 0.3) is 0 Å². The summed E-state index contributed by atoms with van der Waals surface area (Å²) in [5.74, 6) is 0.891. The summed E-state index contributed by atoms with van der Waals surface area (Å²) in [6.07, 6.45) is 5.19. The zero-order valence-electron chi connectivity index (χ0n) is 11.3. The van der Waals surface area contributed by atoms with Crippen molar-refractivity contribution in [1.29, 1.82) is 0 Å². The van der Waals surface area contributed by atoms with Gasteiger partial charge in [0, 0.05) is 18.6 Å². The number of piperidine rings is 1. The summed E-state index contributed by atoms with van der Waals surface area (Å²) in [4.78, 5) is 2.68. The Morgan fingerprint density at radius 1 is 1.28 bits per heavy atom. The minimum Gasteiger partial charge on any atom is -0.324 e. The van der Waals surface area contributed by atoms with Gasteiger partial charge in [0.2, 0.25) is 0 Å². The predicted molar refractivity (Wildman–Crippen MR) is 75.3 cm³/mol. The quantitative estimate of drug-likeness (QED) is 0.865. The third-order valence-corrected chi connectivity index (χ3v) is 4.80. The van der Waals surface area contributed by atoms with E-state index in [4.69, 9.17) is 5.73 Å². The van der Waals surface area contributed by atoms with Crippen molar-refractivity contribution in [2.45, 2.75) is 44.7 Å². The van der Waals surface area contributed by atoms with Gasteiger partial charge in [0.25, 0.3) is 0 Å². The van der Waals surface area contributed by atoms with Crippen LogP contribution < -0.4 is 5.73 Å². The van der Waals surface area contributed by atoms with E-state index in [2.05, 4.69) is 36.1 Å². The van der Waals surface area contributed by atoms with Crippen LogP contribution >= 0.6 is 0 Å². The second-order valence-corrected chi connectivity index (χ2v) is 5.90. The summed E-state index contributed by atoms with van der Waals surface area (Å²) in [5.41, 5.74) is 9.15. The fourth-order valence-electron chi connectivity index (χ4n) is 3.71. The summed E-state index contributed by atoms with van der Waals surface area (Å²) in [6.45, 7) is 4.84. The number of fused-ring (bicyclic) bond motifs is 1. The second-order valence-electron chi connectivity index (χ2n) is 5.90. The summed E-state index contributed by atoms with van der Waals surface area (Å²) < 4.78 is 0. The molecular weight excluding hydrogens is 220 g/mol. The van der Waals surface area contributed by atoms with Crippen LogP contribution in [0.4, 0.5) is 0 Å². The number of hydrogen-bond acceptors (Lipinski definition) is 2. The first-order chi connectivity index (χ1) is 8.79. The number of likely N-dealkylation sites (tertiary alicyclic amines) is 1. The first-order valence-corrected chi connectivity index (χ1v) is 7.38. The zero-order chi connectivity index (χ0) is 12.5. The molecule has 0 aromatic heterocycles. The Kier molecular flexibility index (Phi) is 3.40. The van der Waals surface area contributed by atoms with Crippen molar-refractivity contribution < 1.29 is 0 Å². The Balaban J connectivity index is 1.81. The lowest BCUT2D eigenvalue weighted by atomic mass is 9.93. The molecule has 3 rings (SSSR count). The number of rotatable bonds is 2. The molecule has 3 atom stereocenters. The van der Waals surface area contributed by atoms with E-state index in [1.807, 2.05) is 0 Å². The second kappa shape index (κ2) is 5.02. The van der Waals surface area contributed by atoms with E-state index >= 15 is 0 Å². The molecule has 0 amide bonds. The lowest BCUT2D eigenvalue weighted by Crippen LogP contribution is -2.37. The van der Waals surface area contributed by atoms with Crippen molar-refractivity contribution in [2.75, 3.05) is 13.1 Å². The Hall–Kier alpha value is -0.860. The van der Waals surface area contributed by atoms with E-state index < -0.39 is 0 Å². The molecule has 1 aromatic carbocycles. The average Bonchev–Trinajstić information content (AvgIpc) is 2.77. The van der Waals surface area contributed by atoms with Gasteiger partial charge >= 0.3 is 0 Å². The molecule has 2 N–H and O–H groups in total. The lowest BCUT2D eigenvalue weighted by Gasteiger charge is -2.37. The van der Waals surface area contributed by atoms with Gasteiger partial charge in [-0.25, -0.2) is 0 Å². The highest BCUT2D eigenvalue weighted by Gasteiger charge is 2.34. The SMILES string of the molecule is CCC1CCCN(C2CC(N)c3ccccc32)C1. The molecule has 98 valence electrons. The Morgan fingerprint density at radius 2 is 2.06 bits per heavy atom. The van der Waals surface area contributed by atoms with Crippen LogP contribution in [0.5, 0.6) is 0 Å². The van der Waals surface area contributed by atoms with E-state index in [0.29, 0.717) is 6.04 Å². The molecule has 0 bridgehead atoms. The van der Waals surface area contributed by atoms with Gasteiger partial charge in [-0.2, -0.15) is 0 Å². The van der Waals surface area contributed by atoms with Gasteiger partial charge in [-0.3, -0.25) is 4.90 Å². The molecule has 2 nitrogen and oxygen atoms in total. The highest BCUT2D eigenvalue weighted by atomic mass is 15.2. The first-order valence-electron chi connectivity index (χ1n) is 7.38. The third kappa shape index (κ3) is 2.08. The first kappa shape index (κ1) is 12.2. The fraction of sp³-hybridized carbons (Fsp3) is 0.625. The molecule has 2 heteroatoms. The summed E-state index contributed by atoms with van der Waals surface area (Å²) in [6, 6.07) is 9.58. The van der Waals surface area contributed by atoms with Crippen LogP contribution in [0, 0.1) is 5.92 Å². The van der Waals surface area contributed by atoms with E-state index in [1.165, 1.54) is 43.5 Å². The Bertz CT molecular complexity index is 415. The van der Waals surface area contributed by atoms with Gasteiger partial charge in [-0.1, -0.05) is 37.6 Å². The highest BCUT2D eigenvalue weighted by Crippen LogP contribution is 2.42. The maximum atomic E-state index is 6.28. The fourth-order valence-corrected chi connectivity index (χ4v) is 3.71. The zero-order valence-corrected chi connectivity index (χ0v) is 11.3. The molecule has 3 unspecified atom stereocenters. The Morgan fingerprint density at radius 3 is 2.83 bits per heavy atom. The van der Waals surface area contributed by atoms with Crippen LogP contribution in [0.3, 0.4) is 0 Å². The van der Waals surface area contributed by atoms with E-state index in [0.717, 1.165) is 12.3 Å². The number of nitrogens with two attached hydrogens (primary N) is 1. The number of hydrogen-bond donors (Lipinski definition) is 1. The maximum Gasteiger partial charge on any atom is 0.0369 e. The van der Waals surface area contributed by atoms with E-state index in [1.54, 1.807) is 0 Å². The maximum absolute atomic E-state index is 6.28. The molecule has 0 saturated carbocycles.